The van der Waals surface area contributed by atoms with Crippen LogP contribution in [0.2, 0.25) is 5.02 Å². The van der Waals surface area contributed by atoms with Gasteiger partial charge in [0.25, 0.3) is 10.0 Å². The van der Waals surface area contributed by atoms with Gasteiger partial charge in [0.2, 0.25) is 11.8 Å². The smallest absolute Gasteiger partial charge is 0.264 e. The van der Waals surface area contributed by atoms with E-state index in [4.69, 9.17) is 16.3 Å². The number of hydrogen-bond donors (Lipinski definition) is 1. The van der Waals surface area contributed by atoms with Crippen molar-refractivity contribution < 1.29 is 22.7 Å². The molecule has 1 N–H and O–H groups in total. The summed E-state index contributed by atoms with van der Waals surface area (Å²) in [7, 11) is -2.76. The van der Waals surface area contributed by atoms with Gasteiger partial charge in [0, 0.05) is 18.1 Å². The van der Waals surface area contributed by atoms with Crippen LogP contribution in [-0.4, -0.2) is 51.4 Å². The third-order valence-electron chi connectivity index (χ3n) is 6.97. The highest BCUT2D eigenvalue weighted by Crippen LogP contribution is 2.34. The summed E-state index contributed by atoms with van der Waals surface area (Å²) in [4.78, 5) is 29.0. The van der Waals surface area contributed by atoms with E-state index in [2.05, 4.69) is 5.32 Å². The maximum Gasteiger partial charge on any atom is 0.264 e. The molecule has 0 spiro atoms. The van der Waals surface area contributed by atoms with Crippen molar-refractivity contribution in [2.75, 3.05) is 24.5 Å². The molecule has 0 heterocycles. The molecule has 226 valence electrons. The number of amides is 2. The molecule has 0 aliphatic rings. The Kier molecular flexibility index (Phi) is 11.8. The molecule has 0 aliphatic carbocycles. The molecular formula is C32H40ClN3O5S. The monoisotopic (exact) mass is 613 g/mol. The summed E-state index contributed by atoms with van der Waals surface area (Å²) >= 11 is 6.09. The number of nitrogens with zero attached hydrogens (tertiary/aromatic N) is 2. The fraction of sp³-hybridized carbons (Fsp3) is 0.375. The van der Waals surface area contributed by atoms with Crippen molar-refractivity contribution in [3.05, 3.63) is 88.4 Å². The van der Waals surface area contributed by atoms with E-state index in [-0.39, 0.29) is 23.0 Å². The molecule has 10 heteroatoms. The molecular weight excluding hydrogens is 574 g/mol. The van der Waals surface area contributed by atoms with Crippen LogP contribution in [0.4, 0.5) is 5.69 Å². The molecule has 3 aromatic rings. The normalized spacial score (nSPS) is 12.0. The number of sulfonamides is 1. The zero-order valence-corrected chi connectivity index (χ0v) is 26.5. The van der Waals surface area contributed by atoms with Crippen molar-refractivity contribution in [1.82, 2.24) is 10.2 Å². The van der Waals surface area contributed by atoms with E-state index in [1.54, 1.807) is 54.6 Å². The number of aryl methyl sites for hydroxylation is 2. The van der Waals surface area contributed by atoms with E-state index < -0.39 is 28.5 Å². The highest BCUT2D eigenvalue weighted by Gasteiger charge is 2.34. The lowest BCUT2D eigenvalue weighted by molar-refractivity contribution is -0.140. The van der Waals surface area contributed by atoms with Crippen molar-refractivity contribution >= 4 is 39.1 Å². The first-order valence-electron chi connectivity index (χ1n) is 14.1. The summed E-state index contributed by atoms with van der Waals surface area (Å²) in [6.07, 6.45) is 2.06. The molecule has 2 amide bonds. The Bertz CT molecular complexity index is 1460. The lowest BCUT2D eigenvalue weighted by Gasteiger charge is -2.33. The van der Waals surface area contributed by atoms with Gasteiger partial charge in [0.05, 0.1) is 17.7 Å². The zero-order valence-electron chi connectivity index (χ0n) is 24.9. The van der Waals surface area contributed by atoms with Crippen LogP contribution in [0.1, 0.15) is 49.8 Å². The van der Waals surface area contributed by atoms with E-state index in [9.17, 15) is 18.0 Å². The molecule has 0 saturated carbocycles. The van der Waals surface area contributed by atoms with Crippen LogP contribution in [0.3, 0.4) is 0 Å². The van der Waals surface area contributed by atoms with E-state index >= 15 is 0 Å². The molecule has 3 rings (SSSR count). The number of nitrogens with one attached hydrogen (secondary N) is 1. The summed E-state index contributed by atoms with van der Waals surface area (Å²) in [5, 5.41) is 3.48. The molecule has 0 unspecified atom stereocenters. The van der Waals surface area contributed by atoms with Gasteiger partial charge in [0.1, 0.15) is 18.3 Å². The second-order valence-electron chi connectivity index (χ2n) is 10.2. The standard InChI is InChI=1S/C32H40ClN3O5S/c1-6-8-19-34-32(38)28(7-2)35(21-25-12-14-26(33)15-13-25)31(37)22-36(29-20-24(4)11-18-30(29)41-5)42(39,40)27-16-9-23(3)10-17-27/h9-18,20,28H,6-8,19,21-22H2,1-5H3,(H,34,38)/t28-/m0/s1. The molecule has 0 saturated heterocycles. The van der Waals surface area contributed by atoms with Gasteiger partial charge >= 0.3 is 0 Å². The predicted molar refractivity (Wildman–Crippen MR) is 167 cm³/mol. The quantitative estimate of drug-likeness (QED) is 0.229. The van der Waals surface area contributed by atoms with E-state index in [0.29, 0.717) is 23.7 Å². The average molecular weight is 614 g/mol. The Labute approximate surface area is 254 Å². The Hall–Kier alpha value is -3.56. The summed E-state index contributed by atoms with van der Waals surface area (Å²) < 4.78 is 34.9. The van der Waals surface area contributed by atoms with Gasteiger partial charge in [-0.05, 0) is 74.2 Å². The number of carbonyl (C=O) groups is 2. The number of methoxy groups -OCH3 is 1. The predicted octanol–water partition coefficient (Wildman–Crippen LogP) is 5.88. The maximum absolute atomic E-state index is 14.2. The topological polar surface area (TPSA) is 96.0 Å². The minimum Gasteiger partial charge on any atom is -0.495 e. The van der Waals surface area contributed by atoms with Gasteiger partial charge in [-0.1, -0.05) is 67.8 Å². The molecule has 0 radical (unpaired) electrons. The molecule has 0 aromatic heterocycles. The van der Waals surface area contributed by atoms with Gasteiger partial charge in [-0.3, -0.25) is 13.9 Å². The number of ether oxygens (including phenoxy) is 1. The summed E-state index contributed by atoms with van der Waals surface area (Å²) in [6, 6.07) is 17.8. The number of rotatable bonds is 14. The summed E-state index contributed by atoms with van der Waals surface area (Å²) in [5.74, 6) is -0.506. The minimum absolute atomic E-state index is 0.0399. The summed E-state index contributed by atoms with van der Waals surface area (Å²) in [6.45, 7) is 7.61. The number of halogens is 1. The SMILES string of the molecule is CCCCNC(=O)[C@H](CC)N(Cc1ccc(Cl)cc1)C(=O)CN(c1cc(C)ccc1OC)S(=O)(=O)c1ccc(C)cc1. The Balaban J connectivity index is 2.10. The van der Waals surface area contributed by atoms with Crippen LogP contribution in [0, 0.1) is 13.8 Å². The number of hydrogen-bond acceptors (Lipinski definition) is 5. The fourth-order valence-corrected chi connectivity index (χ4v) is 6.10. The lowest BCUT2D eigenvalue weighted by Crippen LogP contribution is -2.52. The second-order valence-corrected chi connectivity index (χ2v) is 12.5. The first kappa shape index (κ1) is 32.9. The molecule has 1 atom stereocenters. The van der Waals surface area contributed by atoms with E-state index in [1.165, 1.54) is 24.1 Å². The summed E-state index contributed by atoms with van der Waals surface area (Å²) in [5.41, 5.74) is 2.69. The molecule has 0 fully saturated rings. The molecule has 8 nitrogen and oxygen atoms in total. The van der Waals surface area contributed by atoms with Gasteiger partial charge < -0.3 is 15.0 Å². The highest BCUT2D eigenvalue weighted by atomic mass is 35.5. The Morgan fingerprint density at radius 2 is 1.60 bits per heavy atom. The molecule has 3 aromatic carbocycles. The fourth-order valence-electron chi connectivity index (χ4n) is 4.56. The third-order valence-corrected chi connectivity index (χ3v) is 9.00. The number of unbranched alkanes of at least 4 members (excludes halogenated alkanes) is 1. The molecule has 0 bridgehead atoms. The van der Waals surface area contributed by atoms with Crippen LogP contribution in [0.15, 0.2) is 71.6 Å². The van der Waals surface area contributed by atoms with Crippen molar-refractivity contribution in [2.24, 2.45) is 0 Å². The number of anilines is 1. The number of carbonyl (C=O) groups excluding carboxylic acids is 2. The Morgan fingerprint density at radius 3 is 2.19 bits per heavy atom. The lowest BCUT2D eigenvalue weighted by atomic mass is 10.1. The van der Waals surface area contributed by atoms with E-state index in [0.717, 1.165) is 33.8 Å². The van der Waals surface area contributed by atoms with Crippen LogP contribution in [0.25, 0.3) is 0 Å². The van der Waals surface area contributed by atoms with Crippen molar-refractivity contribution in [1.29, 1.82) is 0 Å². The van der Waals surface area contributed by atoms with Crippen molar-refractivity contribution in [3.63, 3.8) is 0 Å². The molecule has 0 aliphatic heterocycles. The first-order valence-corrected chi connectivity index (χ1v) is 15.9. The van der Waals surface area contributed by atoms with Crippen LogP contribution in [-0.2, 0) is 26.2 Å². The van der Waals surface area contributed by atoms with Gasteiger partial charge in [-0.15, -0.1) is 0 Å². The largest absolute Gasteiger partial charge is 0.495 e. The molecule has 42 heavy (non-hydrogen) atoms. The highest BCUT2D eigenvalue weighted by molar-refractivity contribution is 7.92. The Morgan fingerprint density at radius 1 is 0.952 bits per heavy atom. The van der Waals surface area contributed by atoms with E-state index in [1.807, 2.05) is 27.7 Å². The zero-order chi connectivity index (χ0) is 30.9. The number of benzene rings is 3. The van der Waals surface area contributed by atoms with Crippen LogP contribution >= 0.6 is 11.6 Å². The van der Waals surface area contributed by atoms with Crippen molar-refractivity contribution in [3.8, 4) is 5.75 Å². The third kappa shape index (κ3) is 8.26. The van der Waals surface area contributed by atoms with Gasteiger partial charge in [-0.2, -0.15) is 0 Å². The van der Waals surface area contributed by atoms with Crippen molar-refractivity contribution in [2.45, 2.75) is 64.4 Å². The van der Waals surface area contributed by atoms with Gasteiger partial charge in [-0.25, -0.2) is 8.42 Å². The minimum atomic E-state index is -4.21. The van der Waals surface area contributed by atoms with Crippen LogP contribution in [0.5, 0.6) is 5.75 Å². The second kappa shape index (κ2) is 15.1. The van der Waals surface area contributed by atoms with Gasteiger partial charge in [0.15, 0.2) is 0 Å². The first-order chi connectivity index (χ1) is 20.0. The maximum atomic E-state index is 14.2. The average Bonchev–Trinajstić information content (AvgIpc) is 2.97. The van der Waals surface area contributed by atoms with Crippen LogP contribution < -0.4 is 14.4 Å².